The van der Waals surface area contributed by atoms with Gasteiger partial charge in [0.25, 0.3) is 0 Å². The zero-order chi connectivity index (χ0) is 25.2. The summed E-state index contributed by atoms with van der Waals surface area (Å²) in [6.45, 7) is 4.98. The molecule has 0 amide bonds. The number of aliphatic hydroxyl groups excluding tert-OH is 3. The number of H-pyrrole nitrogens is 1. The summed E-state index contributed by atoms with van der Waals surface area (Å²) in [6, 6.07) is 4.71. The van der Waals surface area contributed by atoms with Crippen LogP contribution in [0.3, 0.4) is 0 Å². The third kappa shape index (κ3) is 7.01. The molecular weight excluding hydrogens is 488 g/mol. The largest absolute Gasteiger partial charge is 1.00 e. The van der Waals surface area contributed by atoms with E-state index in [1.165, 1.54) is 6.92 Å². The van der Waals surface area contributed by atoms with Crippen LogP contribution in [0, 0.1) is 5.92 Å². The number of carboxylic acid groups (broad SMARTS) is 1. The van der Waals surface area contributed by atoms with Crippen LogP contribution < -0.4 is 44.6 Å². The molecule has 7 atom stereocenters. The number of hydrogen-bond acceptors (Lipinski definition) is 9. The Morgan fingerprint density at radius 2 is 1.91 bits per heavy atom. The van der Waals surface area contributed by atoms with Crippen molar-refractivity contribution in [3.63, 3.8) is 0 Å². The fourth-order valence-electron chi connectivity index (χ4n) is 3.97. The molecule has 0 bridgehead atoms. The Morgan fingerprint density at radius 1 is 1.26 bits per heavy atom. The van der Waals surface area contributed by atoms with Crippen molar-refractivity contribution in [3.05, 3.63) is 36.0 Å². The van der Waals surface area contributed by atoms with Crippen LogP contribution in [0.1, 0.15) is 32.8 Å². The summed E-state index contributed by atoms with van der Waals surface area (Å²) in [5.74, 6) is -4.22. The van der Waals surface area contributed by atoms with Crippen LogP contribution in [0.5, 0.6) is 0 Å². The third-order valence-electron chi connectivity index (χ3n) is 5.80. The number of hydrogen-bond donors (Lipinski definition) is 6. The number of aliphatic imine (C=N–C) groups is 1. The number of aliphatic carboxylic acids is 1. The minimum absolute atomic E-state index is 0. The molecule has 1 fully saturated rings. The van der Waals surface area contributed by atoms with Crippen molar-refractivity contribution < 1.29 is 69.3 Å². The molecule has 1 saturated heterocycles. The summed E-state index contributed by atoms with van der Waals surface area (Å²) in [5.41, 5.74) is 1.50. The summed E-state index contributed by atoms with van der Waals surface area (Å²) in [7, 11) is -4.21. The second kappa shape index (κ2) is 12.4. The number of nitrogens with one attached hydrogen (secondary N) is 2. The number of carboxylic acids is 1. The minimum atomic E-state index is -4.21. The number of carbonyl (C=O) groups is 1. The van der Waals surface area contributed by atoms with Crippen LogP contribution >= 0.6 is 7.87 Å². The molecule has 1 aromatic heterocycles. The number of aromatic amines is 1. The average Bonchev–Trinajstić information content (AvgIpc) is 3.18. The van der Waals surface area contributed by atoms with Gasteiger partial charge in [-0.25, -0.2) is 9.32 Å². The number of fused-ring (bicyclic) bond motifs is 1. The number of rotatable bonds is 9. The van der Waals surface area contributed by atoms with E-state index in [9.17, 15) is 35.2 Å². The van der Waals surface area contributed by atoms with Crippen molar-refractivity contribution >= 4 is 30.6 Å². The normalized spacial score (nSPS) is 29.1. The Morgan fingerprint density at radius 3 is 2.54 bits per heavy atom. The van der Waals surface area contributed by atoms with Gasteiger partial charge in [-0.3, -0.25) is 4.99 Å². The van der Waals surface area contributed by atoms with E-state index in [0.29, 0.717) is 5.56 Å². The first-order chi connectivity index (χ1) is 15.9. The fourth-order valence-corrected chi connectivity index (χ4v) is 6.16. The number of aromatic nitrogens is 1. The Balaban J connectivity index is 0.00000432. The third-order valence-corrected chi connectivity index (χ3v) is 8.12. The van der Waals surface area contributed by atoms with Crippen molar-refractivity contribution in [2.45, 2.75) is 69.9 Å². The fraction of sp³-hybridized carbons (Fsp3) is 0.545. The minimum Gasteiger partial charge on any atom is -0.861 e. The second-order valence-corrected chi connectivity index (χ2v) is 11.2. The molecule has 0 saturated carbocycles. The van der Waals surface area contributed by atoms with Crippen LogP contribution in [-0.4, -0.2) is 73.5 Å². The SMILES string of the molecule is CC(C)C[C@H](N[P+]1([O-])O[C@@H](C)[C@H](O)[C@@H](O)[C@@H]1O)C([O-])=N[C@@H](Cc1c[nH]c2ccccc12)C(=O)O.[Na+]. The van der Waals surface area contributed by atoms with E-state index in [4.69, 9.17) is 4.52 Å². The summed E-state index contributed by atoms with van der Waals surface area (Å²) < 4.78 is 5.29. The van der Waals surface area contributed by atoms with Gasteiger partial charge in [-0.05, 0) is 36.8 Å². The van der Waals surface area contributed by atoms with Crippen molar-refractivity contribution in [3.8, 4) is 0 Å². The average molecular weight is 519 g/mol. The zero-order valence-corrected chi connectivity index (χ0v) is 23.1. The molecule has 1 unspecified atom stereocenters. The van der Waals surface area contributed by atoms with E-state index in [-0.39, 0.29) is 48.3 Å². The van der Waals surface area contributed by atoms with Gasteiger partial charge in [0.1, 0.15) is 24.4 Å². The quantitative estimate of drug-likeness (QED) is 0.0844. The van der Waals surface area contributed by atoms with Gasteiger partial charge >= 0.3 is 35.5 Å². The molecule has 35 heavy (non-hydrogen) atoms. The van der Waals surface area contributed by atoms with Crippen LogP contribution in [-0.2, 0) is 15.7 Å². The van der Waals surface area contributed by atoms with Crippen LogP contribution in [0.25, 0.3) is 10.9 Å². The van der Waals surface area contributed by atoms with Crippen molar-refractivity contribution in [2.75, 3.05) is 0 Å². The second-order valence-electron chi connectivity index (χ2n) is 9.00. The van der Waals surface area contributed by atoms with Crippen molar-refractivity contribution in [1.82, 2.24) is 10.1 Å². The van der Waals surface area contributed by atoms with Gasteiger partial charge in [-0.2, -0.15) is 5.09 Å². The molecule has 0 spiro atoms. The molecule has 3 rings (SSSR count). The van der Waals surface area contributed by atoms with Crippen LogP contribution in [0.15, 0.2) is 35.5 Å². The van der Waals surface area contributed by atoms with Crippen molar-refractivity contribution in [1.29, 1.82) is 0 Å². The smallest absolute Gasteiger partial charge is 0.861 e. The molecule has 0 aliphatic carbocycles. The van der Waals surface area contributed by atoms with E-state index in [1.54, 1.807) is 20.0 Å². The van der Waals surface area contributed by atoms with Gasteiger partial charge in [0.2, 0.25) is 13.7 Å². The summed E-state index contributed by atoms with van der Waals surface area (Å²) >= 11 is 0. The maximum Gasteiger partial charge on any atom is 1.00 e. The van der Waals surface area contributed by atoms with Gasteiger partial charge in [-0.15, -0.1) is 0 Å². The first kappa shape index (κ1) is 30.1. The van der Waals surface area contributed by atoms with Gasteiger partial charge < -0.3 is 35.4 Å². The first-order valence-corrected chi connectivity index (χ1v) is 12.7. The predicted octanol–water partition coefficient (Wildman–Crippen LogP) is -3.49. The topological polar surface area (TPSA) is 194 Å². The van der Waals surface area contributed by atoms with E-state index in [2.05, 4.69) is 15.1 Å². The Kier molecular flexibility index (Phi) is 10.7. The van der Waals surface area contributed by atoms with E-state index >= 15 is 0 Å². The molecule has 6 N–H and O–H groups in total. The summed E-state index contributed by atoms with van der Waals surface area (Å²) in [6.07, 6.45) is -2.54. The first-order valence-electron chi connectivity index (χ1n) is 11.1. The van der Waals surface area contributed by atoms with Crippen molar-refractivity contribution in [2.24, 2.45) is 10.9 Å². The Labute approximate surface area is 226 Å². The van der Waals surface area contributed by atoms with Crippen LogP contribution in [0.4, 0.5) is 0 Å². The standard InChI is InChI=1S/C22H32N3O8P.Na/c1-11(2)8-16(25-34(32)22(31)19(27)18(26)12(3)33-34)20(28)24-17(21(29)30)9-13-10-23-15-7-5-4-6-14(13)15;/h4-7,10-12,16-19,22-23,26-27,31H,8-9H2,1-3H3,(H,24,28)(H,25,32)(H,29,30);/q;+1/p-1/t12-,16-,17-,18-,19+,22+,34?;/m0./s1. The zero-order valence-electron chi connectivity index (χ0n) is 20.2. The molecule has 0 radical (unpaired) electrons. The van der Waals surface area contributed by atoms with Crippen LogP contribution in [0.2, 0.25) is 0 Å². The molecule has 2 aromatic rings. The van der Waals surface area contributed by atoms with Gasteiger partial charge in [0.05, 0.1) is 6.04 Å². The predicted molar refractivity (Wildman–Crippen MR) is 123 cm³/mol. The van der Waals surface area contributed by atoms with E-state index in [1.807, 2.05) is 24.3 Å². The molecule has 1 aliphatic heterocycles. The Bertz CT molecular complexity index is 1040. The monoisotopic (exact) mass is 519 g/mol. The molecule has 11 nitrogen and oxygen atoms in total. The maximum absolute atomic E-state index is 13.3. The summed E-state index contributed by atoms with van der Waals surface area (Å²) in [5, 5.41) is 56.3. The number of nitrogens with zero attached hydrogens (tertiary/aromatic N) is 1. The number of para-hydroxylation sites is 1. The van der Waals surface area contributed by atoms with Gasteiger partial charge in [0, 0.05) is 23.5 Å². The molecule has 1 aromatic carbocycles. The maximum atomic E-state index is 13.3. The number of aliphatic hydroxyl groups is 3. The van der Waals surface area contributed by atoms with E-state index in [0.717, 1.165) is 10.9 Å². The molecule has 188 valence electrons. The summed E-state index contributed by atoms with van der Waals surface area (Å²) in [4.78, 5) is 32.1. The Hall–Kier alpha value is -1.11. The van der Waals surface area contributed by atoms with Gasteiger partial charge in [-0.1, -0.05) is 32.0 Å². The van der Waals surface area contributed by atoms with Gasteiger partial charge in [0.15, 0.2) is 0 Å². The molecule has 2 heterocycles. The molecule has 1 aliphatic rings. The number of benzene rings is 1. The van der Waals surface area contributed by atoms with E-state index < -0.39 is 56.0 Å². The molecular formula is C22H31N3NaO8P. The molecule has 13 heteroatoms.